The molecule has 0 atom stereocenters. The van der Waals surface area contributed by atoms with Gasteiger partial charge < -0.3 is 24.8 Å². The monoisotopic (exact) mass is 493 g/mol. The van der Waals surface area contributed by atoms with Gasteiger partial charge in [-0.25, -0.2) is 4.99 Å². The van der Waals surface area contributed by atoms with Gasteiger partial charge >= 0.3 is 0 Å². The molecule has 2 N–H and O–H groups in total. The van der Waals surface area contributed by atoms with E-state index in [4.69, 9.17) is 14.2 Å². The van der Waals surface area contributed by atoms with E-state index in [9.17, 15) is 0 Å². The predicted octanol–water partition coefficient (Wildman–Crippen LogP) is 3.34. The van der Waals surface area contributed by atoms with Crippen molar-refractivity contribution in [2.24, 2.45) is 4.99 Å². The van der Waals surface area contributed by atoms with Gasteiger partial charge in [0.1, 0.15) is 0 Å². The third-order valence-electron chi connectivity index (χ3n) is 3.83. The number of methoxy groups -OCH3 is 1. The Morgan fingerprint density at radius 3 is 2.44 bits per heavy atom. The average Bonchev–Trinajstić information content (AvgIpc) is 2.64. The minimum atomic E-state index is -0.241. The van der Waals surface area contributed by atoms with Crippen LogP contribution in [-0.2, 0) is 27.4 Å². The number of guanidine groups is 1. The zero-order valence-corrected chi connectivity index (χ0v) is 19.7. The molecule has 0 unspecified atom stereocenters. The third kappa shape index (κ3) is 12.2. The molecular formula is C20H36IN3O3. The second-order valence-corrected chi connectivity index (χ2v) is 6.58. The van der Waals surface area contributed by atoms with Crippen molar-refractivity contribution in [3.63, 3.8) is 0 Å². The van der Waals surface area contributed by atoms with Gasteiger partial charge in [-0.1, -0.05) is 24.3 Å². The number of rotatable bonds is 12. The lowest BCUT2D eigenvalue weighted by molar-refractivity contribution is 0.0268. The molecule has 0 aliphatic heterocycles. The van der Waals surface area contributed by atoms with Crippen molar-refractivity contribution in [2.75, 3.05) is 40.0 Å². The number of halogens is 1. The van der Waals surface area contributed by atoms with E-state index < -0.39 is 0 Å². The second-order valence-electron chi connectivity index (χ2n) is 6.58. The number of hydrogen-bond donors (Lipinski definition) is 2. The van der Waals surface area contributed by atoms with Gasteiger partial charge in [0, 0.05) is 26.8 Å². The molecule has 0 radical (unpaired) electrons. The molecule has 6 nitrogen and oxygen atoms in total. The van der Waals surface area contributed by atoms with E-state index >= 15 is 0 Å². The topological polar surface area (TPSA) is 64.1 Å². The first-order valence-corrected chi connectivity index (χ1v) is 9.31. The van der Waals surface area contributed by atoms with Crippen molar-refractivity contribution >= 4 is 29.9 Å². The maximum absolute atomic E-state index is 5.63. The zero-order chi connectivity index (χ0) is 19.3. The molecule has 1 aromatic rings. The first-order valence-electron chi connectivity index (χ1n) is 9.31. The number of hydrogen-bond acceptors (Lipinski definition) is 4. The molecule has 1 rings (SSSR count). The summed E-state index contributed by atoms with van der Waals surface area (Å²) in [6, 6.07) is 8.32. The van der Waals surface area contributed by atoms with Crippen molar-refractivity contribution in [2.45, 2.75) is 46.4 Å². The summed E-state index contributed by atoms with van der Waals surface area (Å²) in [4.78, 5) is 4.66. The van der Waals surface area contributed by atoms with E-state index in [1.807, 2.05) is 26.8 Å². The van der Waals surface area contributed by atoms with Gasteiger partial charge in [-0.2, -0.15) is 0 Å². The molecule has 0 heterocycles. The summed E-state index contributed by atoms with van der Waals surface area (Å²) in [5.74, 6) is 0.788. The molecule has 0 aliphatic rings. The van der Waals surface area contributed by atoms with Crippen LogP contribution in [0.5, 0.6) is 0 Å². The Bertz CT molecular complexity index is 539. The number of ether oxygens (including phenoxy) is 3. The molecule has 0 aliphatic carbocycles. The highest BCUT2D eigenvalue weighted by atomic mass is 127. The largest absolute Gasteiger partial charge is 0.379 e. The van der Waals surface area contributed by atoms with E-state index in [-0.39, 0.29) is 29.6 Å². The average molecular weight is 493 g/mol. The Balaban J connectivity index is 0.00000676. The highest BCUT2D eigenvalue weighted by Crippen LogP contribution is 2.08. The summed E-state index contributed by atoms with van der Waals surface area (Å²) < 4.78 is 16.3. The van der Waals surface area contributed by atoms with Crippen molar-refractivity contribution in [3.05, 3.63) is 35.4 Å². The van der Waals surface area contributed by atoms with Gasteiger partial charge in [0.15, 0.2) is 5.96 Å². The molecule has 1 aromatic carbocycles. The number of nitrogens with one attached hydrogen (secondary N) is 2. The summed E-state index contributed by atoms with van der Waals surface area (Å²) in [6.07, 6.45) is 0. The Morgan fingerprint density at radius 2 is 1.78 bits per heavy atom. The van der Waals surface area contributed by atoms with Gasteiger partial charge in [-0.3, -0.25) is 0 Å². The molecule has 0 saturated carbocycles. The maximum atomic E-state index is 5.63. The van der Waals surface area contributed by atoms with Crippen LogP contribution < -0.4 is 10.6 Å². The van der Waals surface area contributed by atoms with Gasteiger partial charge in [0.25, 0.3) is 0 Å². The second kappa shape index (κ2) is 15.1. The number of benzene rings is 1. The van der Waals surface area contributed by atoms with Crippen LogP contribution in [0.1, 0.15) is 38.8 Å². The Hall–Kier alpha value is -0.900. The standard InChI is InChI=1S/C20H35N3O3.HI/c1-6-21-19(23-16-20(3,4)24-5)22-14-17-9-8-10-18(13-17)15-26-12-11-25-7-2;/h8-10,13H,6-7,11-12,14-16H2,1-5H3,(H2,21,22,23);1H. The first kappa shape index (κ1) is 26.1. The van der Waals surface area contributed by atoms with E-state index in [2.05, 4.69) is 40.7 Å². The van der Waals surface area contributed by atoms with Gasteiger partial charge in [0.05, 0.1) is 32.0 Å². The lowest BCUT2D eigenvalue weighted by Gasteiger charge is -2.24. The van der Waals surface area contributed by atoms with Gasteiger partial charge in [-0.15, -0.1) is 24.0 Å². The number of aliphatic imine (C=N–C) groups is 1. The Morgan fingerprint density at radius 1 is 1.07 bits per heavy atom. The Kier molecular flexibility index (Phi) is 14.6. The third-order valence-corrected chi connectivity index (χ3v) is 3.83. The predicted molar refractivity (Wildman–Crippen MR) is 122 cm³/mol. The van der Waals surface area contributed by atoms with Crippen LogP contribution in [0.3, 0.4) is 0 Å². The SMILES string of the molecule is CCNC(=NCc1cccc(COCCOCC)c1)NCC(C)(C)OC.I. The fourth-order valence-corrected chi connectivity index (χ4v) is 2.15. The fraction of sp³-hybridized carbons (Fsp3) is 0.650. The van der Waals surface area contributed by atoms with E-state index in [0.717, 1.165) is 30.2 Å². The van der Waals surface area contributed by atoms with Crippen LogP contribution in [0.25, 0.3) is 0 Å². The highest BCUT2D eigenvalue weighted by molar-refractivity contribution is 14.0. The molecule has 0 saturated heterocycles. The molecule has 0 bridgehead atoms. The van der Waals surface area contributed by atoms with Gasteiger partial charge in [0.2, 0.25) is 0 Å². The first-order chi connectivity index (χ1) is 12.5. The molecule has 0 fully saturated rings. The van der Waals surface area contributed by atoms with Crippen LogP contribution in [0, 0.1) is 0 Å². The molecule has 0 amide bonds. The van der Waals surface area contributed by atoms with Crippen LogP contribution >= 0.6 is 24.0 Å². The van der Waals surface area contributed by atoms with Crippen molar-refractivity contribution in [3.8, 4) is 0 Å². The van der Waals surface area contributed by atoms with Crippen LogP contribution in [-0.4, -0.2) is 51.6 Å². The lowest BCUT2D eigenvalue weighted by Crippen LogP contribution is -2.45. The smallest absolute Gasteiger partial charge is 0.191 e. The Labute approximate surface area is 181 Å². The van der Waals surface area contributed by atoms with Gasteiger partial charge in [-0.05, 0) is 38.8 Å². The van der Waals surface area contributed by atoms with E-state index in [0.29, 0.717) is 32.9 Å². The van der Waals surface area contributed by atoms with Crippen molar-refractivity contribution < 1.29 is 14.2 Å². The molecular weight excluding hydrogens is 457 g/mol. The highest BCUT2D eigenvalue weighted by Gasteiger charge is 2.16. The van der Waals surface area contributed by atoms with Crippen LogP contribution in [0.15, 0.2) is 29.3 Å². The summed E-state index contributed by atoms with van der Waals surface area (Å²) >= 11 is 0. The maximum Gasteiger partial charge on any atom is 0.191 e. The summed E-state index contributed by atoms with van der Waals surface area (Å²) in [7, 11) is 1.72. The minimum Gasteiger partial charge on any atom is -0.379 e. The summed E-state index contributed by atoms with van der Waals surface area (Å²) in [5.41, 5.74) is 2.06. The van der Waals surface area contributed by atoms with Crippen molar-refractivity contribution in [1.29, 1.82) is 0 Å². The van der Waals surface area contributed by atoms with E-state index in [1.165, 1.54) is 0 Å². The molecule has 156 valence electrons. The quantitative estimate of drug-likeness (QED) is 0.203. The summed E-state index contributed by atoms with van der Waals surface area (Å²) in [5, 5.41) is 6.59. The molecule has 0 aromatic heterocycles. The van der Waals surface area contributed by atoms with Crippen LogP contribution in [0.2, 0.25) is 0 Å². The lowest BCUT2D eigenvalue weighted by atomic mass is 10.1. The van der Waals surface area contributed by atoms with E-state index in [1.54, 1.807) is 7.11 Å². The van der Waals surface area contributed by atoms with Crippen molar-refractivity contribution in [1.82, 2.24) is 10.6 Å². The van der Waals surface area contributed by atoms with Crippen LogP contribution in [0.4, 0.5) is 0 Å². The molecule has 27 heavy (non-hydrogen) atoms. The zero-order valence-electron chi connectivity index (χ0n) is 17.3. The minimum absolute atomic E-state index is 0. The fourth-order valence-electron chi connectivity index (χ4n) is 2.15. The summed E-state index contributed by atoms with van der Waals surface area (Å²) in [6.45, 7) is 12.8. The normalized spacial score (nSPS) is 11.8. The number of nitrogens with zero attached hydrogens (tertiary/aromatic N) is 1. The molecule has 7 heteroatoms. The molecule has 0 spiro atoms.